The van der Waals surface area contributed by atoms with Gasteiger partial charge < -0.3 is 20.6 Å². The first-order valence-electron chi connectivity index (χ1n) is 6.61. The van der Waals surface area contributed by atoms with Crippen LogP contribution in [0.3, 0.4) is 0 Å². The molecule has 3 N–H and O–H groups in total. The van der Waals surface area contributed by atoms with E-state index in [1.807, 2.05) is 25.1 Å². The Balaban J connectivity index is 2.08. The van der Waals surface area contributed by atoms with Gasteiger partial charge in [-0.3, -0.25) is 4.79 Å². The van der Waals surface area contributed by atoms with Crippen LogP contribution in [0.1, 0.15) is 34.8 Å². The van der Waals surface area contributed by atoms with Crippen LogP contribution in [-0.4, -0.2) is 34.9 Å². The van der Waals surface area contributed by atoms with Crippen LogP contribution in [0, 0.1) is 0 Å². The predicted molar refractivity (Wildman–Crippen MR) is 74.5 cm³/mol. The molecule has 1 aromatic rings. The second-order valence-electron chi connectivity index (χ2n) is 4.70. The Bertz CT molecular complexity index is 528. The Morgan fingerprint density at radius 1 is 1.45 bits per heavy atom. The molecule has 0 aliphatic carbocycles. The van der Waals surface area contributed by atoms with Gasteiger partial charge in [-0.05, 0) is 30.2 Å². The Morgan fingerprint density at radius 3 is 2.90 bits per heavy atom. The summed E-state index contributed by atoms with van der Waals surface area (Å²) in [5, 5.41) is 11.4. The van der Waals surface area contributed by atoms with E-state index in [1.165, 1.54) is 0 Å². The highest BCUT2D eigenvalue weighted by atomic mass is 16.5. The number of carbonyl (C=O) groups excluding carboxylic acids is 1. The number of oxime groups is 1. The lowest BCUT2D eigenvalue weighted by molar-refractivity contribution is 0.0768. The third-order valence-corrected chi connectivity index (χ3v) is 3.40. The van der Waals surface area contributed by atoms with Crippen molar-refractivity contribution in [1.82, 2.24) is 4.90 Å². The average Bonchev–Trinajstić information content (AvgIpc) is 2.94. The van der Waals surface area contributed by atoms with Gasteiger partial charge in [0.05, 0.1) is 13.2 Å². The van der Waals surface area contributed by atoms with E-state index >= 15 is 0 Å². The minimum Gasteiger partial charge on any atom is -0.409 e. The van der Waals surface area contributed by atoms with E-state index in [4.69, 9.17) is 15.7 Å². The van der Waals surface area contributed by atoms with Crippen LogP contribution in [0.25, 0.3) is 0 Å². The molecule has 0 spiro atoms. The van der Waals surface area contributed by atoms with Crippen molar-refractivity contribution in [3.63, 3.8) is 0 Å². The molecule has 0 bridgehead atoms. The Kier molecular flexibility index (Phi) is 4.57. The summed E-state index contributed by atoms with van der Waals surface area (Å²) < 4.78 is 5.35. The standard InChI is InChI=1S/C14H19N3O3/c1-2-17(6-5-13(15)16-19)14(18)10-3-4-11-8-20-9-12(11)7-10/h3-4,7,19H,2,5-6,8-9H2,1H3,(H2,15,16). The van der Waals surface area contributed by atoms with Crippen LogP contribution < -0.4 is 5.73 Å². The smallest absolute Gasteiger partial charge is 0.253 e. The first kappa shape index (κ1) is 14.3. The van der Waals surface area contributed by atoms with Crippen molar-refractivity contribution in [1.29, 1.82) is 0 Å². The Hall–Kier alpha value is -2.08. The van der Waals surface area contributed by atoms with Gasteiger partial charge >= 0.3 is 0 Å². The summed E-state index contributed by atoms with van der Waals surface area (Å²) in [6.07, 6.45) is 0.351. The summed E-state index contributed by atoms with van der Waals surface area (Å²) in [5.41, 5.74) is 8.30. The van der Waals surface area contributed by atoms with Crippen LogP contribution in [-0.2, 0) is 18.0 Å². The van der Waals surface area contributed by atoms with Crippen LogP contribution >= 0.6 is 0 Å². The fourth-order valence-corrected chi connectivity index (χ4v) is 2.19. The van der Waals surface area contributed by atoms with Crippen molar-refractivity contribution in [3.05, 3.63) is 34.9 Å². The number of hydrogen-bond donors (Lipinski definition) is 2. The molecule has 108 valence electrons. The van der Waals surface area contributed by atoms with Crippen molar-refractivity contribution >= 4 is 11.7 Å². The van der Waals surface area contributed by atoms with E-state index in [1.54, 1.807) is 4.90 Å². The summed E-state index contributed by atoms with van der Waals surface area (Å²) in [5.74, 6) is 0.0755. The molecule has 1 heterocycles. The minimum absolute atomic E-state index is 0.0482. The highest BCUT2D eigenvalue weighted by Gasteiger charge is 2.18. The van der Waals surface area contributed by atoms with Crippen LogP contribution in [0.2, 0.25) is 0 Å². The zero-order valence-electron chi connectivity index (χ0n) is 11.5. The van der Waals surface area contributed by atoms with Gasteiger partial charge in [0.15, 0.2) is 0 Å². The number of carbonyl (C=O) groups is 1. The number of rotatable bonds is 5. The van der Waals surface area contributed by atoms with E-state index in [0.717, 1.165) is 11.1 Å². The summed E-state index contributed by atoms with van der Waals surface area (Å²) in [7, 11) is 0. The molecule has 1 aliphatic heterocycles. The molecule has 20 heavy (non-hydrogen) atoms. The molecule has 0 saturated heterocycles. The molecule has 0 atom stereocenters. The molecule has 6 heteroatoms. The van der Waals surface area contributed by atoms with Gasteiger partial charge in [-0.2, -0.15) is 0 Å². The van der Waals surface area contributed by atoms with E-state index in [2.05, 4.69) is 5.16 Å². The average molecular weight is 277 g/mol. The number of benzene rings is 1. The zero-order chi connectivity index (χ0) is 14.5. The molecule has 0 radical (unpaired) electrons. The third kappa shape index (κ3) is 3.08. The lowest BCUT2D eigenvalue weighted by atomic mass is 10.1. The Labute approximate surface area is 117 Å². The maximum Gasteiger partial charge on any atom is 0.253 e. The molecule has 0 unspecified atom stereocenters. The van der Waals surface area contributed by atoms with E-state index in [-0.39, 0.29) is 11.7 Å². The quantitative estimate of drug-likeness (QED) is 0.368. The second kappa shape index (κ2) is 6.38. The highest BCUT2D eigenvalue weighted by Crippen LogP contribution is 2.21. The molecule has 6 nitrogen and oxygen atoms in total. The Morgan fingerprint density at radius 2 is 2.20 bits per heavy atom. The lowest BCUT2D eigenvalue weighted by Gasteiger charge is -2.20. The van der Waals surface area contributed by atoms with Gasteiger partial charge in [0, 0.05) is 25.1 Å². The van der Waals surface area contributed by atoms with E-state index in [9.17, 15) is 4.79 Å². The molecular formula is C14H19N3O3. The maximum absolute atomic E-state index is 12.4. The normalized spacial score (nSPS) is 14.2. The maximum atomic E-state index is 12.4. The number of nitrogens with two attached hydrogens (primary N) is 1. The number of amides is 1. The fourth-order valence-electron chi connectivity index (χ4n) is 2.19. The number of amidine groups is 1. The first-order valence-corrected chi connectivity index (χ1v) is 6.61. The van der Waals surface area contributed by atoms with Gasteiger partial charge in [0.25, 0.3) is 5.91 Å². The largest absolute Gasteiger partial charge is 0.409 e. The lowest BCUT2D eigenvalue weighted by Crippen LogP contribution is -2.34. The van der Waals surface area contributed by atoms with Gasteiger partial charge in [0.2, 0.25) is 0 Å². The number of nitrogens with zero attached hydrogens (tertiary/aromatic N) is 2. The number of fused-ring (bicyclic) bond motifs is 1. The highest BCUT2D eigenvalue weighted by molar-refractivity contribution is 5.94. The van der Waals surface area contributed by atoms with Crippen molar-refractivity contribution in [3.8, 4) is 0 Å². The third-order valence-electron chi connectivity index (χ3n) is 3.40. The van der Waals surface area contributed by atoms with E-state index in [0.29, 0.717) is 38.3 Å². The van der Waals surface area contributed by atoms with Crippen molar-refractivity contribution in [2.24, 2.45) is 10.9 Å². The second-order valence-corrected chi connectivity index (χ2v) is 4.70. The molecule has 0 saturated carbocycles. The minimum atomic E-state index is -0.0482. The summed E-state index contributed by atoms with van der Waals surface area (Å²) in [4.78, 5) is 14.1. The topological polar surface area (TPSA) is 88.1 Å². The zero-order valence-corrected chi connectivity index (χ0v) is 11.5. The van der Waals surface area contributed by atoms with Crippen molar-refractivity contribution < 1.29 is 14.7 Å². The molecule has 1 aromatic carbocycles. The summed E-state index contributed by atoms with van der Waals surface area (Å²) in [6.45, 7) is 4.09. The molecule has 0 fully saturated rings. The van der Waals surface area contributed by atoms with Crippen molar-refractivity contribution in [2.45, 2.75) is 26.6 Å². The van der Waals surface area contributed by atoms with Crippen LogP contribution in [0.5, 0.6) is 0 Å². The molecular weight excluding hydrogens is 258 g/mol. The molecule has 0 aromatic heterocycles. The monoisotopic (exact) mass is 277 g/mol. The fraction of sp³-hybridized carbons (Fsp3) is 0.429. The number of hydrogen-bond acceptors (Lipinski definition) is 4. The van der Waals surface area contributed by atoms with Gasteiger partial charge in [0.1, 0.15) is 5.84 Å². The molecule has 2 rings (SSSR count). The van der Waals surface area contributed by atoms with Gasteiger partial charge in [-0.15, -0.1) is 0 Å². The van der Waals surface area contributed by atoms with Crippen LogP contribution in [0.4, 0.5) is 0 Å². The molecule has 1 amide bonds. The summed E-state index contributed by atoms with van der Waals surface area (Å²) in [6, 6.07) is 5.64. The molecule has 1 aliphatic rings. The predicted octanol–water partition coefficient (Wildman–Crippen LogP) is 1.32. The van der Waals surface area contributed by atoms with Gasteiger partial charge in [-0.25, -0.2) is 0 Å². The SMILES string of the molecule is CCN(CCC(N)=NO)C(=O)c1ccc2c(c1)COC2. The van der Waals surface area contributed by atoms with Crippen molar-refractivity contribution in [2.75, 3.05) is 13.1 Å². The van der Waals surface area contributed by atoms with Crippen LogP contribution in [0.15, 0.2) is 23.4 Å². The summed E-state index contributed by atoms with van der Waals surface area (Å²) >= 11 is 0. The number of ether oxygens (including phenoxy) is 1. The first-order chi connectivity index (χ1) is 9.65. The van der Waals surface area contributed by atoms with Gasteiger partial charge in [-0.1, -0.05) is 11.2 Å². The van der Waals surface area contributed by atoms with E-state index < -0.39 is 0 Å².